The molecule has 0 aliphatic rings. The number of halogens is 1. The molecular weight excluding hydrogens is 514 g/mol. The first kappa shape index (κ1) is 25.4. The molecule has 2 amide bonds. The first-order chi connectivity index (χ1) is 16.4. The highest BCUT2D eigenvalue weighted by molar-refractivity contribution is 9.10. The number of amides is 2. The van der Waals surface area contributed by atoms with Crippen molar-refractivity contribution in [3.05, 3.63) is 87.9 Å². The summed E-state index contributed by atoms with van der Waals surface area (Å²) >= 11 is 8.72. The Balaban J connectivity index is 1.53. The molecule has 0 radical (unpaired) electrons. The summed E-state index contributed by atoms with van der Waals surface area (Å²) in [5.41, 5.74) is 3.40. The van der Waals surface area contributed by atoms with Gasteiger partial charge in [-0.05, 0) is 96.1 Å². The number of rotatable bonds is 8. The molecule has 0 spiro atoms. The van der Waals surface area contributed by atoms with Crippen LogP contribution in [0, 0.1) is 6.92 Å². The van der Waals surface area contributed by atoms with Crippen LogP contribution in [0.3, 0.4) is 0 Å². The first-order valence-corrected chi connectivity index (χ1v) is 12.1. The molecule has 0 unspecified atom stereocenters. The lowest BCUT2D eigenvalue weighted by molar-refractivity contribution is 0.0976. The highest BCUT2D eigenvalue weighted by atomic mass is 79.9. The summed E-state index contributed by atoms with van der Waals surface area (Å²) in [7, 11) is 0. The van der Waals surface area contributed by atoms with Gasteiger partial charge in [-0.25, -0.2) is 0 Å². The zero-order valence-corrected chi connectivity index (χ0v) is 21.4. The Labute approximate surface area is 213 Å². The molecule has 176 valence electrons. The van der Waals surface area contributed by atoms with E-state index in [-0.39, 0.29) is 16.9 Å². The minimum absolute atomic E-state index is 0.168. The summed E-state index contributed by atoms with van der Waals surface area (Å²) in [5.74, 6) is 0.181. The van der Waals surface area contributed by atoms with Crippen LogP contribution in [-0.4, -0.2) is 23.5 Å². The predicted octanol–water partition coefficient (Wildman–Crippen LogP) is 6.32. The second-order valence-corrected chi connectivity index (χ2v) is 8.92. The smallest absolute Gasteiger partial charge is 0.257 e. The van der Waals surface area contributed by atoms with Crippen molar-refractivity contribution in [3.8, 4) is 5.75 Å². The molecule has 0 aromatic heterocycles. The SMILES string of the molecule is CCCCOc1ccc(C(=O)NC(=S)Nc2ccc(NC(=O)c3cccc(C)c3)cc2)cc1Br. The molecule has 3 rings (SSSR count). The number of carbonyl (C=O) groups is 2. The Morgan fingerprint density at radius 2 is 1.59 bits per heavy atom. The number of unbranched alkanes of at least 4 members (excludes halogenated alkanes) is 1. The number of thiocarbonyl (C=S) groups is 1. The summed E-state index contributed by atoms with van der Waals surface area (Å²) in [6.45, 7) is 4.67. The van der Waals surface area contributed by atoms with Crippen LogP contribution in [0.4, 0.5) is 11.4 Å². The Kier molecular flexibility index (Phi) is 9.18. The Hall–Kier alpha value is -3.23. The fourth-order valence-corrected chi connectivity index (χ4v) is 3.75. The summed E-state index contributed by atoms with van der Waals surface area (Å²) in [6.07, 6.45) is 2.02. The van der Waals surface area contributed by atoms with E-state index in [1.807, 2.05) is 25.1 Å². The monoisotopic (exact) mass is 539 g/mol. The molecule has 0 fully saturated rings. The van der Waals surface area contributed by atoms with Gasteiger partial charge in [0.15, 0.2) is 5.11 Å². The molecule has 0 aliphatic heterocycles. The van der Waals surface area contributed by atoms with Gasteiger partial charge in [-0.1, -0.05) is 31.0 Å². The van der Waals surface area contributed by atoms with Gasteiger partial charge >= 0.3 is 0 Å². The number of aryl methyl sites for hydroxylation is 1. The van der Waals surface area contributed by atoms with Gasteiger partial charge in [-0.15, -0.1) is 0 Å². The molecule has 3 aromatic rings. The molecule has 0 aliphatic carbocycles. The van der Waals surface area contributed by atoms with E-state index in [1.165, 1.54) is 0 Å². The average molecular weight is 540 g/mol. The van der Waals surface area contributed by atoms with E-state index in [0.29, 0.717) is 39.3 Å². The molecule has 3 aromatic carbocycles. The molecule has 0 bridgehead atoms. The molecule has 0 heterocycles. The Morgan fingerprint density at radius 1 is 0.912 bits per heavy atom. The summed E-state index contributed by atoms with van der Waals surface area (Å²) in [6, 6.07) is 19.6. The number of hydrogen-bond donors (Lipinski definition) is 3. The van der Waals surface area contributed by atoms with Crippen LogP contribution in [-0.2, 0) is 0 Å². The van der Waals surface area contributed by atoms with Crippen LogP contribution in [0.5, 0.6) is 5.75 Å². The van der Waals surface area contributed by atoms with Crippen molar-refractivity contribution in [2.45, 2.75) is 26.7 Å². The fourth-order valence-electron chi connectivity index (χ4n) is 3.05. The van der Waals surface area contributed by atoms with Crippen molar-refractivity contribution in [2.24, 2.45) is 0 Å². The molecule has 6 nitrogen and oxygen atoms in total. The van der Waals surface area contributed by atoms with Gasteiger partial charge in [-0.2, -0.15) is 0 Å². The summed E-state index contributed by atoms with van der Waals surface area (Å²) < 4.78 is 6.40. The van der Waals surface area contributed by atoms with Crippen molar-refractivity contribution in [1.82, 2.24) is 5.32 Å². The number of nitrogens with one attached hydrogen (secondary N) is 3. The maximum Gasteiger partial charge on any atom is 0.257 e. The number of hydrogen-bond acceptors (Lipinski definition) is 4. The maximum atomic E-state index is 12.6. The third-order valence-corrected chi connectivity index (χ3v) is 5.68. The van der Waals surface area contributed by atoms with Crippen molar-refractivity contribution in [3.63, 3.8) is 0 Å². The van der Waals surface area contributed by atoms with Gasteiger partial charge in [0.2, 0.25) is 0 Å². The van der Waals surface area contributed by atoms with E-state index < -0.39 is 0 Å². The third-order valence-electron chi connectivity index (χ3n) is 4.86. The normalized spacial score (nSPS) is 10.3. The topological polar surface area (TPSA) is 79.5 Å². The van der Waals surface area contributed by atoms with Crippen LogP contribution in [0.15, 0.2) is 71.2 Å². The van der Waals surface area contributed by atoms with Crippen LogP contribution < -0.4 is 20.7 Å². The van der Waals surface area contributed by atoms with Crippen molar-refractivity contribution < 1.29 is 14.3 Å². The number of carbonyl (C=O) groups excluding carboxylic acids is 2. The van der Waals surface area contributed by atoms with Crippen LogP contribution >= 0.6 is 28.1 Å². The van der Waals surface area contributed by atoms with Gasteiger partial charge in [0.25, 0.3) is 11.8 Å². The fraction of sp³-hybridized carbons (Fsp3) is 0.192. The van der Waals surface area contributed by atoms with Gasteiger partial charge in [-0.3, -0.25) is 14.9 Å². The predicted molar refractivity (Wildman–Crippen MR) is 144 cm³/mol. The van der Waals surface area contributed by atoms with E-state index >= 15 is 0 Å². The molecule has 0 atom stereocenters. The zero-order chi connectivity index (χ0) is 24.5. The van der Waals surface area contributed by atoms with Crippen LogP contribution in [0.2, 0.25) is 0 Å². The quantitative estimate of drug-likeness (QED) is 0.230. The van der Waals surface area contributed by atoms with E-state index in [2.05, 4.69) is 38.8 Å². The largest absolute Gasteiger partial charge is 0.492 e. The number of ether oxygens (including phenoxy) is 1. The van der Waals surface area contributed by atoms with Gasteiger partial charge in [0.05, 0.1) is 11.1 Å². The molecule has 0 saturated carbocycles. The van der Waals surface area contributed by atoms with E-state index in [9.17, 15) is 9.59 Å². The average Bonchev–Trinajstić information content (AvgIpc) is 2.81. The van der Waals surface area contributed by atoms with Gasteiger partial charge in [0, 0.05) is 22.5 Å². The lowest BCUT2D eigenvalue weighted by Gasteiger charge is -2.12. The molecule has 3 N–H and O–H groups in total. The minimum Gasteiger partial charge on any atom is -0.492 e. The number of benzene rings is 3. The van der Waals surface area contributed by atoms with E-state index in [4.69, 9.17) is 17.0 Å². The third kappa shape index (κ3) is 7.40. The zero-order valence-electron chi connectivity index (χ0n) is 19.0. The van der Waals surface area contributed by atoms with Crippen LogP contribution in [0.1, 0.15) is 46.0 Å². The Bertz CT molecular complexity index is 1180. The maximum absolute atomic E-state index is 12.6. The van der Waals surface area contributed by atoms with E-state index in [1.54, 1.807) is 48.5 Å². The standard InChI is InChI=1S/C26H26BrN3O3S/c1-3-4-14-33-23-13-8-19(16-22(23)27)25(32)30-26(34)29-21-11-9-20(10-12-21)28-24(31)18-7-5-6-17(2)15-18/h5-13,15-16H,3-4,14H2,1-2H3,(H,28,31)(H2,29,30,32,34). The lowest BCUT2D eigenvalue weighted by Crippen LogP contribution is -2.34. The van der Waals surface area contributed by atoms with Gasteiger partial charge < -0.3 is 15.4 Å². The van der Waals surface area contributed by atoms with Crippen molar-refractivity contribution in [2.75, 3.05) is 17.2 Å². The number of anilines is 2. The van der Waals surface area contributed by atoms with E-state index in [0.717, 1.165) is 18.4 Å². The second kappa shape index (κ2) is 12.3. The second-order valence-electron chi connectivity index (χ2n) is 7.66. The highest BCUT2D eigenvalue weighted by Crippen LogP contribution is 2.26. The summed E-state index contributed by atoms with van der Waals surface area (Å²) in [4.78, 5) is 24.9. The Morgan fingerprint density at radius 3 is 2.24 bits per heavy atom. The van der Waals surface area contributed by atoms with Crippen molar-refractivity contribution in [1.29, 1.82) is 0 Å². The lowest BCUT2D eigenvalue weighted by atomic mass is 10.1. The van der Waals surface area contributed by atoms with Gasteiger partial charge in [0.1, 0.15) is 5.75 Å². The van der Waals surface area contributed by atoms with Crippen LogP contribution in [0.25, 0.3) is 0 Å². The summed E-state index contributed by atoms with van der Waals surface area (Å²) in [5, 5.41) is 8.67. The molecule has 0 saturated heterocycles. The highest BCUT2D eigenvalue weighted by Gasteiger charge is 2.12. The molecular formula is C26H26BrN3O3S. The molecule has 34 heavy (non-hydrogen) atoms. The minimum atomic E-state index is -0.333. The van der Waals surface area contributed by atoms with Crippen molar-refractivity contribution >= 4 is 56.4 Å². The first-order valence-electron chi connectivity index (χ1n) is 10.9. The molecule has 8 heteroatoms.